The second-order valence-corrected chi connectivity index (χ2v) is 5.83. The Balaban J connectivity index is 2.08. The fourth-order valence-corrected chi connectivity index (χ4v) is 2.68. The van der Waals surface area contributed by atoms with E-state index in [-0.39, 0.29) is 11.3 Å². The monoisotopic (exact) mass is 369 g/mol. The minimum absolute atomic E-state index is 0.140. The Bertz CT molecular complexity index is 961. The zero-order chi connectivity index (χ0) is 19.4. The van der Waals surface area contributed by atoms with Crippen molar-refractivity contribution in [1.82, 2.24) is 0 Å². The minimum atomic E-state index is -0.984. The van der Waals surface area contributed by atoms with Crippen LogP contribution in [0.1, 0.15) is 27.6 Å². The lowest BCUT2D eigenvalue weighted by Crippen LogP contribution is -2.13. The maximum Gasteiger partial charge on any atom is 0.341 e. The average molecular weight is 369 g/mol. The lowest BCUT2D eigenvalue weighted by Gasteiger charge is -2.22. The quantitative estimate of drug-likeness (QED) is 0.531. The molecule has 27 heavy (non-hydrogen) atoms. The van der Waals surface area contributed by atoms with Gasteiger partial charge in [-0.15, -0.1) is 0 Å². The van der Waals surface area contributed by atoms with Gasteiger partial charge in [0.05, 0.1) is 7.11 Å². The van der Waals surface area contributed by atoms with E-state index < -0.39 is 23.7 Å². The number of ether oxygens (including phenoxy) is 2. The van der Waals surface area contributed by atoms with Crippen molar-refractivity contribution in [3.63, 3.8) is 0 Å². The van der Waals surface area contributed by atoms with Crippen LogP contribution in [0.3, 0.4) is 0 Å². The number of carbonyl (C=O) groups excluding carboxylic acids is 1. The zero-order valence-electron chi connectivity index (χ0n) is 14.5. The van der Waals surface area contributed by atoms with Gasteiger partial charge in [0, 0.05) is 5.69 Å². The first-order valence-electron chi connectivity index (χ1n) is 8.14. The highest BCUT2D eigenvalue weighted by Gasteiger charge is 2.22. The van der Waals surface area contributed by atoms with Crippen LogP contribution in [0.5, 0.6) is 5.75 Å². The maximum absolute atomic E-state index is 13.8. The second-order valence-electron chi connectivity index (χ2n) is 5.83. The van der Waals surface area contributed by atoms with Gasteiger partial charge in [-0.1, -0.05) is 36.4 Å². The van der Waals surface area contributed by atoms with Crippen molar-refractivity contribution in [3.05, 3.63) is 95.1 Å². The van der Waals surface area contributed by atoms with Gasteiger partial charge in [-0.3, -0.25) is 0 Å². The fourth-order valence-electron chi connectivity index (χ4n) is 2.68. The number of esters is 1. The number of hydrogen-bond acceptors (Lipinski definition) is 4. The van der Waals surface area contributed by atoms with E-state index in [9.17, 15) is 13.6 Å². The predicted molar refractivity (Wildman–Crippen MR) is 97.5 cm³/mol. The van der Waals surface area contributed by atoms with Crippen LogP contribution >= 0.6 is 0 Å². The molecule has 0 radical (unpaired) electrons. The van der Waals surface area contributed by atoms with E-state index in [0.29, 0.717) is 16.8 Å². The molecule has 0 heterocycles. The number of rotatable bonds is 5. The normalized spacial score (nSPS) is 11.7. The molecule has 2 N–H and O–H groups in total. The summed E-state index contributed by atoms with van der Waals surface area (Å²) in [5.41, 5.74) is 7.36. The van der Waals surface area contributed by atoms with Gasteiger partial charge in [0.15, 0.2) is 11.6 Å². The summed E-state index contributed by atoms with van der Waals surface area (Å²) in [4.78, 5) is 12.1. The third-order valence-electron chi connectivity index (χ3n) is 4.00. The number of hydrogen-bond donors (Lipinski definition) is 1. The van der Waals surface area contributed by atoms with Gasteiger partial charge in [0.2, 0.25) is 0 Å². The van der Waals surface area contributed by atoms with Gasteiger partial charge in [-0.2, -0.15) is 0 Å². The molecular formula is C21H17F2NO3. The second kappa shape index (κ2) is 7.86. The average Bonchev–Trinajstić information content (AvgIpc) is 2.69. The first-order valence-corrected chi connectivity index (χ1v) is 8.14. The molecule has 1 unspecified atom stereocenters. The van der Waals surface area contributed by atoms with Crippen LogP contribution in [0.25, 0.3) is 0 Å². The van der Waals surface area contributed by atoms with E-state index in [1.807, 2.05) is 6.07 Å². The van der Waals surface area contributed by atoms with Gasteiger partial charge < -0.3 is 15.2 Å². The SMILES string of the molecule is COC(=O)c1cc(N)ccc1OC(c1ccccc1)c1ccc(F)c(F)c1. The summed E-state index contributed by atoms with van der Waals surface area (Å²) in [6, 6.07) is 17.1. The topological polar surface area (TPSA) is 61.5 Å². The number of halogens is 2. The first-order chi connectivity index (χ1) is 13.0. The van der Waals surface area contributed by atoms with Crippen LogP contribution in [0.4, 0.5) is 14.5 Å². The summed E-state index contributed by atoms with van der Waals surface area (Å²) in [5, 5.41) is 0. The molecule has 0 aliphatic heterocycles. The van der Waals surface area contributed by atoms with Gasteiger partial charge in [0.25, 0.3) is 0 Å². The molecule has 0 fully saturated rings. The van der Waals surface area contributed by atoms with E-state index in [1.165, 1.54) is 25.3 Å². The van der Waals surface area contributed by atoms with E-state index in [1.54, 1.807) is 30.3 Å². The predicted octanol–water partition coefficient (Wildman–Crippen LogP) is 4.50. The highest BCUT2D eigenvalue weighted by molar-refractivity contribution is 5.93. The number of carbonyl (C=O) groups is 1. The van der Waals surface area contributed by atoms with Crippen LogP contribution < -0.4 is 10.5 Å². The molecule has 4 nitrogen and oxygen atoms in total. The first kappa shape index (κ1) is 18.4. The highest BCUT2D eigenvalue weighted by Crippen LogP contribution is 2.32. The van der Waals surface area contributed by atoms with E-state index in [2.05, 4.69) is 0 Å². The number of nitrogens with two attached hydrogens (primary N) is 1. The summed E-state index contributed by atoms with van der Waals surface area (Å²) in [6.07, 6.45) is -0.770. The Morgan fingerprint density at radius 3 is 2.33 bits per heavy atom. The number of benzene rings is 3. The van der Waals surface area contributed by atoms with Crippen LogP contribution in [-0.4, -0.2) is 13.1 Å². The molecule has 3 aromatic carbocycles. The number of methoxy groups -OCH3 is 1. The number of nitrogen functional groups attached to an aromatic ring is 1. The lowest BCUT2D eigenvalue weighted by atomic mass is 10.0. The van der Waals surface area contributed by atoms with Crippen molar-refractivity contribution >= 4 is 11.7 Å². The zero-order valence-corrected chi connectivity index (χ0v) is 14.5. The molecule has 6 heteroatoms. The Hall–Kier alpha value is -3.41. The molecule has 3 aromatic rings. The summed E-state index contributed by atoms with van der Waals surface area (Å²) in [5.74, 6) is -2.33. The molecule has 0 bridgehead atoms. The summed E-state index contributed by atoms with van der Waals surface area (Å²) in [6.45, 7) is 0. The van der Waals surface area contributed by atoms with E-state index in [0.717, 1.165) is 12.1 Å². The van der Waals surface area contributed by atoms with E-state index >= 15 is 0 Å². The highest BCUT2D eigenvalue weighted by atomic mass is 19.2. The van der Waals surface area contributed by atoms with Crippen LogP contribution in [-0.2, 0) is 4.74 Å². The Morgan fingerprint density at radius 2 is 1.67 bits per heavy atom. The Labute approximate surface area is 155 Å². The molecule has 3 rings (SSSR count). The van der Waals surface area contributed by atoms with Gasteiger partial charge in [-0.05, 0) is 41.5 Å². The Kier molecular flexibility index (Phi) is 5.35. The van der Waals surface area contributed by atoms with Crippen molar-refractivity contribution < 1.29 is 23.0 Å². The lowest BCUT2D eigenvalue weighted by molar-refractivity contribution is 0.0594. The van der Waals surface area contributed by atoms with Crippen molar-refractivity contribution in [3.8, 4) is 5.75 Å². The van der Waals surface area contributed by atoms with Crippen LogP contribution in [0.2, 0.25) is 0 Å². The molecule has 0 aromatic heterocycles. The Morgan fingerprint density at radius 1 is 0.926 bits per heavy atom. The standard InChI is InChI=1S/C21H17F2NO3/c1-26-21(25)16-12-15(24)8-10-19(16)27-20(13-5-3-2-4-6-13)14-7-9-17(22)18(23)11-14/h2-12,20H,24H2,1H3. The van der Waals surface area contributed by atoms with Gasteiger partial charge in [0.1, 0.15) is 17.4 Å². The maximum atomic E-state index is 13.8. The smallest absolute Gasteiger partial charge is 0.341 e. The van der Waals surface area contributed by atoms with Crippen LogP contribution in [0.15, 0.2) is 66.7 Å². The van der Waals surface area contributed by atoms with E-state index in [4.69, 9.17) is 15.2 Å². The molecule has 0 aliphatic rings. The molecular weight excluding hydrogens is 352 g/mol. The summed E-state index contributed by atoms with van der Waals surface area (Å²) in [7, 11) is 1.25. The molecule has 0 spiro atoms. The van der Waals surface area contributed by atoms with Crippen molar-refractivity contribution in [2.45, 2.75) is 6.10 Å². The molecule has 0 saturated carbocycles. The summed E-state index contributed by atoms with van der Waals surface area (Å²) >= 11 is 0. The van der Waals surface area contributed by atoms with Crippen molar-refractivity contribution in [2.24, 2.45) is 0 Å². The molecule has 1 atom stereocenters. The van der Waals surface area contributed by atoms with Gasteiger partial charge >= 0.3 is 5.97 Å². The number of anilines is 1. The fraction of sp³-hybridized carbons (Fsp3) is 0.0952. The molecule has 0 saturated heterocycles. The van der Waals surface area contributed by atoms with Crippen molar-refractivity contribution in [2.75, 3.05) is 12.8 Å². The largest absolute Gasteiger partial charge is 0.480 e. The van der Waals surface area contributed by atoms with Crippen LogP contribution in [0, 0.1) is 11.6 Å². The minimum Gasteiger partial charge on any atom is -0.480 e. The molecule has 138 valence electrons. The molecule has 0 aliphatic carbocycles. The third-order valence-corrected chi connectivity index (χ3v) is 4.00. The summed E-state index contributed by atoms with van der Waals surface area (Å²) < 4.78 is 38.0. The van der Waals surface area contributed by atoms with Gasteiger partial charge in [-0.25, -0.2) is 13.6 Å². The van der Waals surface area contributed by atoms with Crippen molar-refractivity contribution in [1.29, 1.82) is 0 Å². The third kappa shape index (κ3) is 4.06. The molecule has 0 amide bonds.